The van der Waals surface area contributed by atoms with Crippen LogP contribution in [0.4, 0.5) is 0 Å². The number of hydrogen-bond donors (Lipinski definition) is 3. The second-order valence-corrected chi connectivity index (χ2v) is 7.60. The number of H-pyrrole nitrogens is 1. The van der Waals surface area contributed by atoms with E-state index in [4.69, 9.17) is 18.0 Å². The number of nitrogens with zero attached hydrogens (tertiary/aromatic N) is 1. The zero-order chi connectivity index (χ0) is 15.5. The summed E-state index contributed by atoms with van der Waals surface area (Å²) < 4.78 is 27.8. The van der Waals surface area contributed by atoms with Crippen LogP contribution in [0.3, 0.4) is 0 Å². The first-order valence-electron chi connectivity index (χ1n) is 7.27. The van der Waals surface area contributed by atoms with E-state index in [1.165, 1.54) is 6.20 Å². The van der Waals surface area contributed by atoms with E-state index in [1.807, 2.05) is 6.92 Å². The Bertz CT molecular complexity index is 601. The van der Waals surface area contributed by atoms with Gasteiger partial charge in [0.1, 0.15) is 5.82 Å². The van der Waals surface area contributed by atoms with Crippen LogP contribution in [0, 0.1) is 0 Å². The van der Waals surface area contributed by atoms with E-state index in [0.29, 0.717) is 25.1 Å². The fourth-order valence-corrected chi connectivity index (χ4v) is 4.40. The Labute approximate surface area is 131 Å². The normalized spacial score (nSPS) is 19.1. The van der Waals surface area contributed by atoms with Gasteiger partial charge in [-0.05, 0) is 12.8 Å². The molecule has 0 atom stereocenters. The Morgan fingerprint density at radius 3 is 2.52 bits per heavy atom. The van der Waals surface area contributed by atoms with E-state index in [-0.39, 0.29) is 10.0 Å². The number of nitrogens with one attached hydrogen (secondary N) is 2. The molecule has 0 saturated heterocycles. The summed E-state index contributed by atoms with van der Waals surface area (Å²) in [6.45, 7) is 1.91. The van der Waals surface area contributed by atoms with Gasteiger partial charge in [-0.2, -0.15) is 4.72 Å². The summed E-state index contributed by atoms with van der Waals surface area (Å²) >= 11 is 5.16. The lowest BCUT2D eigenvalue weighted by Crippen LogP contribution is -2.56. The molecule has 1 saturated carbocycles. The van der Waals surface area contributed by atoms with Crippen LogP contribution < -0.4 is 10.5 Å². The first-order chi connectivity index (χ1) is 9.89. The molecule has 1 heterocycles. The third-order valence-electron chi connectivity index (χ3n) is 3.99. The van der Waals surface area contributed by atoms with Crippen molar-refractivity contribution in [3.05, 3.63) is 12.0 Å². The van der Waals surface area contributed by atoms with Crippen LogP contribution in [0.1, 0.15) is 51.3 Å². The highest BCUT2D eigenvalue weighted by atomic mass is 32.2. The molecule has 6 nitrogen and oxygen atoms in total. The van der Waals surface area contributed by atoms with Crippen LogP contribution in [0.5, 0.6) is 0 Å². The summed E-state index contributed by atoms with van der Waals surface area (Å²) in [7, 11) is -3.70. The van der Waals surface area contributed by atoms with Gasteiger partial charge in [-0.25, -0.2) is 13.4 Å². The Morgan fingerprint density at radius 1 is 1.43 bits per heavy atom. The number of nitrogens with two attached hydrogens (primary N) is 1. The smallest absolute Gasteiger partial charge is 0.258 e. The molecule has 0 amide bonds. The molecule has 2 rings (SSSR count). The van der Waals surface area contributed by atoms with E-state index >= 15 is 0 Å². The maximum absolute atomic E-state index is 12.6. The molecule has 1 aromatic heterocycles. The average molecular weight is 330 g/mol. The minimum atomic E-state index is -3.70. The molecular formula is C13H22N4O2S2. The van der Waals surface area contributed by atoms with Crippen LogP contribution >= 0.6 is 12.2 Å². The van der Waals surface area contributed by atoms with Crippen LogP contribution in [0.15, 0.2) is 11.2 Å². The quantitative estimate of drug-likeness (QED) is 0.563. The third kappa shape index (κ3) is 3.61. The SMILES string of the molecule is CCc1ncc(S(=O)(=O)NC2(C(N)=S)CCCCCC2)[nH]1. The summed E-state index contributed by atoms with van der Waals surface area (Å²) in [4.78, 5) is 7.09. The molecule has 8 heteroatoms. The van der Waals surface area contributed by atoms with Crippen LogP contribution in [-0.4, -0.2) is 28.9 Å². The third-order valence-corrected chi connectivity index (χ3v) is 5.82. The van der Waals surface area contributed by atoms with Crippen molar-refractivity contribution in [3.63, 3.8) is 0 Å². The summed E-state index contributed by atoms with van der Waals surface area (Å²) in [5.74, 6) is 0.639. The van der Waals surface area contributed by atoms with Crippen molar-refractivity contribution in [2.75, 3.05) is 0 Å². The lowest BCUT2D eigenvalue weighted by molar-refractivity contribution is 0.440. The molecule has 118 valence electrons. The van der Waals surface area contributed by atoms with Gasteiger partial charge in [-0.15, -0.1) is 0 Å². The zero-order valence-electron chi connectivity index (χ0n) is 12.2. The first kappa shape index (κ1) is 16.4. The van der Waals surface area contributed by atoms with Crippen molar-refractivity contribution in [3.8, 4) is 0 Å². The van der Waals surface area contributed by atoms with E-state index < -0.39 is 15.6 Å². The number of hydrogen-bond acceptors (Lipinski definition) is 4. The van der Waals surface area contributed by atoms with Crippen molar-refractivity contribution in [2.24, 2.45) is 5.73 Å². The van der Waals surface area contributed by atoms with E-state index in [9.17, 15) is 8.42 Å². The molecular weight excluding hydrogens is 308 g/mol. The molecule has 1 aliphatic carbocycles. The maximum Gasteiger partial charge on any atom is 0.258 e. The van der Waals surface area contributed by atoms with Gasteiger partial charge in [0.05, 0.1) is 16.7 Å². The minimum absolute atomic E-state index is 0.0687. The van der Waals surface area contributed by atoms with Crippen LogP contribution in [-0.2, 0) is 16.4 Å². The highest BCUT2D eigenvalue weighted by Crippen LogP contribution is 2.29. The average Bonchev–Trinajstić information content (AvgIpc) is 2.80. The van der Waals surface area contributed by atoms with E-state index in [1.54, 1.807) is 0 Å². The fourth-order valence-electron chi connectivity index (χ4n) is 2.70. The van der Waals surface area contributed by atoms with Crippen LogP contribution in [0.2, 0.25) is 0 Å². The predicted octanol–water partition coefficient (Wildman–Crippen LogP) is 1.63. The van der Waals surface area contributed by atoms with Crippen molar-refractivity contribution >= 4 is 27.2 Å². The highest BCUT2D eigenvalue weighted by Gasteiger charge is 2.38. The van der Waals surface area contributed by atoms with Gasteiger partial charge in [0.15, 0.2) is 5.03 Å². The standard InChI is InChI=1S/C13H22N4O2S2/c1-2-10-15-9-11(16-10)21(18,19)17-13(12(14)20)7-5-3-4-6-8-13/h9,17H,2-8H2,1H3,(H2,14,20)(H,15,16). The van der Waals surface area contributed by atoms with Crippen molar-refractivity contribution in [1.82, 2.24) is 14.7 Å². The molecule has 4 N–H and O–H groups in total. The molecule has 0 unspecified atom stereocenters. The second-order valence-electron chi connectivity index (χ2n) is 5.51. The topological polar surface area (TPSA) is 101 Å². The molecule has 0 bridgehead atoms. The van der Waals surface area contributed by atoms with Gasteiger partial charge in [-0.3, -0.25) is 0 Å². The number of rotatable bonds is 5. The van der Waals surface area contributed by atoms with Gasteiger partial charge in [0.2, 0.25) is 0 Å². The molecule has 1 fully saturated rings. The molecule has 0 aromatic carbocycles. The van der Waals surface area contributed by atoms with Gasteiger partial charge in [-0.1, -0.05) is 44.8 Å². The van der Waals surface area contributed by atoms with Gasteiger partial charge in [0.25, 0.3) is 10.0 Å². The van der Waals surface area contributed by atoms with Gasteiger partial charge in [0, 0.05) is 6.42 Å². The number of aryl methyl sites for hydroxylation is 1. The second kappa shape index (κ2) is 6.41. The molecule has 0 aliphatic heterocycles. The van der Waals surface area contributed by atoms with E-state index in [0.717, 1.165) is 25.7 Å². The highest BCUT2D eigenvalue weighted by molar-refractivity contribution is 7.89. The molecule has 0 spiro atoms. The molecule has 0 radical (unpaired) electrons. The lowest BCUT2D eigenvalue weighted by atomic mass is 9.91. The van der Waals surface area contributed by atoms with Crippen molar-refractivity contribution in [2.45, 2.75) is 62.4 Å². The van der Waals surface area contributed by atoms with Gasteiger partial charge >= 0.3 is 0 Å². The Morgan fingerprint density at radius 2 is 2.05 bits per heavy atom. The number of sulfonamides is 1. The predicted molar refractivity (Wildman–Crippen MR) is 85.5 cm³/mol. The van der Waals surface area contributed by atoms with Crippen molar-refractivity contribution < 1.29 is 8.42 Å². The lowest BCUT2D eigenvalue weighted by Gasteiger charge is -2.32. The summed E-state index contributed by atoms with van der Waals surface area (Å²) in [6.07, 6.45) is 7.28. The van der Waals surface area contributed by atoms with Gasteiger partial charge < -0.3 is 10.7 Å². The zero-order valence-corrected chi connectivity index (χ0v) is 13.8. The first-order valence-corrected chi connectivity index (χ1v) is 9.16. The number of aromatic amines is 1. The maximum atomic E-state index is 12.6. The number of imidazole rings is 1. The van der Waals surface area contributed by atoms with Crippen LogP contribution in [0.25, 0.3) is 0 Å². The Hall–Kier alpha value is -0.990. The molecule has 21 heavy (non-hydrogen) atoms. The number of thiocarbonyl (C=S) groups is 1. The Balaban J connectivity index is 2.28. The molecule has 1 aliphatic rings. The van der Waals surface area contributed by atoms with Crippen molar-refractivity contribution in [1.29, 1.82) is 0 Å². The number of aromatic nitrogens is 2. The summed E-state index contributed by atoms with van der Waals surface area (Å²) in [5.41, 5.74) is 5.05. The minimum Gasteiger partial charge on any atom is -0.392 e. The van der Waals surface area contributed by atoms with E-state index in [2.05, 4.69) is 14.7 Å². The monoisotopic (exact) mass is 330 g/mol. The summed E-state index contributed by atoms with van der Waals surface area (Å²) in [6, 6.07) is 0. The fraction of sp³-hybridized carbons (Fsp3) is 0.692. The molecule has 1 aromatic rings. The Kier molecular flexibility index (Phi) is 5.00. The largest absolute Gasteiger partial charge is 0.392 e. The summed E-state index contributed by atoms with van der Waals surface area (Å²) in [5, 5.41) is 0.0687.